The summed E-state index contributed by atoms with van der Waals surface area (Å²) in [5.74, 6) is -1.08. The van der Waals surface area contributed by atoms with Crippen molar-refractivity contribution < 1.29 is 14.0 Å². The Hall–Kier alpha value is -1.95. The molecule has 0 spiro atoms. The first-order chi connectivity index (χ1) is 10.5. The number of nitrogens with two attached hydrogens (primary N) is 1. The molecule has 6 heteroatoms. The fourth-order valence-electron chi connectivity index (χ4n) is 1.95. The van der Waals surface area contributed by atoms with Crippen molar-refractivity contribution in [2.45, 2.75) is 32.7 Å². The molecule has 1 rings (SSSR count). The molecule has 2 amide bonds. The molecule has 0 fully saturated rings. The quantitative estimate of drug-likeness (QED) is 0.635. The molecule has 0 aliphatic carbocycles. The van der Waals surface area contributed by atoms with E-state index in [-0.39, 0.29) is 11.8 Å². The normalized spacial score (nSPS) is 12.0. The SMILES string of the molecule is CC(C)C(NC(=O)c1ccc(F)cc1)C(=O)NCCCCN. The van der Waals surface area contributed by atoms with Gasteiger partial charge in [0.05, 0.1) is 0 Å². The van der Waals surface area contributed by atoms with Crippen LogP contribution < -0.4 is 16.4 Å². The monoisotopic (exact) mass is 309 g/mol. The molecule has 22 heavy (non-hydrogen) atoms. The van der Waals surface area contributed by atoms with Crippen LogP contribution in [-0.2, 0) is 4.79 Å². The van der Waals surface area contributed by atoms with Gasteiger partial charge in [0.2, 0.25) is 5.91 Å². The van der Waals surface area contributed by atoms with Crippen LogP contribution >= 0.6 is 0 Å². The van der Waals surface area contributed by atoms with Gasteiger partial charge in [-0.05, 0) is 49.6 Å². The number of carbonyl (C=O) groups excluding carboxylic acids is 2. The predicted molar refractivity (Wildman–Crippen MR) is 83.8 cm³/mol. The van der Waals surface area contributed by atoms with Gasteiger partial charge in [-0.1, -0.05) is 13.8 Å². The maximum atomic E-state index is 12.9. The summed E-state index contributed by atoms with van der Waals surface area (Å²) >= 11 is 0. The fraction of sp³-hybridized carbons (Fsp3) is 0.500. The summed E-state index contributed by atoms with van der Waals surface area (Å²) in [7, 11) is 0. The first-order valence-electron chi connectivity index (χ1n) is 7.50. The van der Waals surface area contributed by atoms with E-state index in [1.807, 2.05) is 13.8 Å². The van der Waals surface area contributed by atoms with Crippen LogP contribution in [0.4, 0.5) is 4.39 Å². The highest BCUT2D eigenvalue weighted by molar-refractivity contribution is 5.97. The first kappa shape index (κ1) is 18.1. The molecule has 1 unspecified atom stereocenters. The van der Waals surface area contributed by atoms with E-state index < -0.39 is 17.8 Å². The van der Waals surface area contributed by atoms with Crippen molar-refractivity contribution in [3.8, 4) is 0 Å². The van der Waals surface area contributed by atoms with Crippen LogP contribution in [0, 0.1) is 11.7 Å². The van der Waals surface area contributed by atoms with E-state index in [2.05, 4.69) is 10.6 Å². The second kappa shape index (κ2) is 9.15. The third-order valence-electron chi connectivity index (χ3n) is 3.27. The molecular formula is C16H24FN3O2. The standard InChI is InChI=1S/C16H24FN3O2/c1-11(2)14(16(22)19-10-4-3-9-18)20-15(21)12-5-7-13(17)8-6-12/h5-8,11,14H,3-4,9-10,18H2,1-2H3,(H,19,22)(H,20,21). The lowest BCUT2D eigenvalue weighted by Gasteiger charge is -2.21. The number of nitrogens with one attached hydrogen (secondary N) is 2. The molecule has 0 saturated heterocycles. The summed E-state index contributed by atoms with van der Waals surface area (Å²) in [4.78, 5) is 24.3. The molecule has 0 bridgehead atoms. The minimum absolute atomic E-state index is 0.0566. The molecule has 5 nitrogen and oxygen atoms in total. The number of benzene rings is 1. The minimum atomic E-state index is -0.629. The van der Waals surface area contributed by atoms with Gasteiger partial charge in [0.1, 0.15) is 11.9 Å². The average molecular weight is 309 g/mol. The maximum absolute atomic E-state index is 12.9. The van der Waals surface area contributed by atoms with Gasteiger partial charge in [0.25, 0.3) is 5.91 Å². The van der Waals surface area contributed by atoms with Crippen molar-refractivity contribution in [3.63, 3.8) is 0 Å². The van der Waals surface area contributed by atoms with Crippen molar-refractivity contribution >= 4 is 11.8 Å². The zero-order chi connectivity index (χ0) is 16.5. The summed E-state index contributed by atoms with van der Waals surface area (Å²) < 4.78 is 12.9. The summed E-state index contributed by atoms with van der Waals surface area (Å²) in [5.41, 5.74) is 5.72. The fourth-order valence-corrected chi connectivity index (χ4v) is 1.95. The van der Waals surface area contributed by atoms with Gasteiger partial charge in [0.15, 0.2) is 0 Å². The molecule has 1 aromatic rings. The third kappa shape index (κ3) is 5.81. The van der Waals surface area contributed by atoms with Crippen molar-refractivity contribution in [1.29, 1.82) is 0 Å². The number of amides is 2. The average Bonchev–Trinajstić information content (AvgIpc) is 2.49. The number of carbonyl (C=O) groups is 2. The molecule has 122 valence electrons. The molecule has 0 aliphatic heterocycles. The Labute approximate surface area is 130 Å². The third-order valence-corrected chi connectivity index (χ3v) is 3.27. The smallest absolute Gasteiger partial charge is 0.251 e. The van der Waals surface area contributed by atoms with E-state index in [1.54, 1.807) is 0 Å². The van der Waals surface area contributed by atoms with E-state index >= 15 is 0 Å². The van der Waals surface area contributed by atoms with E-state index in [0.29, 0.717) is 18.7 Å². The molecule has 0 radical (unpaired) electrons. The lowest BCUT2D eigenvalue weighted by atomic mass is 10.0. The topological polar surface area (TPSA) is 84.2 Å². The molecule has 1 atom stereocenters. The lowest BCUT2D eigenvalue weighted by molar-refractivity contribution is -0.123. The van der Waals surface area contributed by atoms with Crippen LogP contribution in [0.15, 0.2) is 24.3 Å². The van der Waals surface area contributed by atoms with E-state index in [4.69, 9.17) is 5.73 Å². The highest BCUT2D eigenvalue weighted by Crippen LogP contribution is 2.06. The largest absolute Gasteiger partial charge is 0.354 e. The van der Waals surface area contributed by atoms with Crippen molar-refractivity contribution in [3.05, 3.63) is 35.6 Å². The number of unbranched alkanes of at least 4 members (excludes halogenated alkanes) is 1. The maximum Gasteiger partial charge on any atom is 0.251 e. The van der Waals surface area contributed by atoms with Gasteiger partial charge < -0.3 is 16.4 Å². The Kier molecular flexibility index (Phi) is 7.52. The molecule has 0 heterocycles. The molecule has 4 N–H and O–H groups in total. The second-order valence-corrected chi connectivity index (χ2v) is 5.49. The first-order valence-corrected chi connectivity index (χ1v) is 7.50. The Balaban J connectivity index is 2.61. The van der Waals surface area contributed by atoms with E-state index in [9.17, 15) is 14.0 Å². The molecule has 1 aromatic carbocycles. The van der Waals surface area contributed by atoms with Crippen molar-refractivity contribution in [2.24, 2.45) is 11.7 Å². The van der Waals surface area contributed by atoms with Gasteiger partial charge in [-0.15, -0.1) is 0 Å². The van der Waals surface area contributed by atoms with Gasteiger partial charge in [-0.3, -0.25) is 9.59 Å². The number of halogens is 1. The van der Waals surface area contributed by atoms with Crippen molar-refractivity contribution in [1.82, 2.24) is 10.6 Å². The summed E-state index contributed by atoms with van der Waals surface area (Å²) in [6, 6.07) is 4.58. The number of rotatable bonds is 8. The summed E-state index contributed by atoms with van der Waals surface area (Å²) in [6.45, 7) is 4.83. The van der Waals surface area contributed by atoms with Crippen LogP contribution in [0.2, 0.25) is 0 Å². The minimum Gasteiger partial charge on any atom is -0.354 e. The highest BCUT2D eigenvalue weighted by Gasteiger charge is 2.24. The molecule has 0 saturated carbocycles. The van der Waals surface area contributed by atoms with Crippen molar-refractivity contribution in [2.75, 3.05) is 13.1 Å². The zero-order valence-electron chi connectivity index (χ0n) is 13.1. The van der Waals surface area contributed by atoms with E-state index in [0.717, 1.165) is 12.8 Å². The predicted octanol–water partition coefficient (Wildman–Crippen LogP) is 1.44. The highest BCUT2D eigenvalue weighted by atomic mass is 19.1. The van der Waals surface area contributed by atoms with Crippen LogP contribution in [0.3, 0.4) is 0 Å². The Bertz CT molecular complexity index is 489. The van der Waals surface area contributed by atoms with Crippen LogP contribution in [0.5, 0.6) is 0 Å². The summed E-state index contributed by atoms with van der Waals surface area (Å²) in [5, 5.41) is 5.49. The molecule has 0 aliphatic rings. The van der Waals surface area contributed by atoms with Crippen LogP contribution in [-0.4, -0.2) is 30.9 Å². The van der Waals surface area contributed by atoms with Gasteiger partial charge in [0, 0.05) is 12.1 Å². The Morgan fingerprint density at radius 3 is 2.36 bits per heavy atom. The van der Waals surface area contributed by atoms with Crippen LogP contribution in [0.1, 0.15) is 37.0 Å². The molecular weight excluding hydrogens is 285 g/mol. The Morgan fingerprint density at radius 2 is 1.82 bits per heavy atom. The van der Waals surface area contributed by atoms with Gasteiger partial charge in [-0.2, -0.15) is 0 Å². The summed E-state index contributed by atoms with van der Waals surface area (Å²) in [6.07, 6.45) is 1.65. The van der Waals surface area contributed by atoms with Gasteiger partial charge in [-0.25, -0.2) is 4.39 Å². The second-order valence-electron chi connectivity index (χ2n) is 5.49. The molecule has 0 aromatic heterocycles. The zero-order valence-corrected chi connectivity index (χ0v) is 13.1. The number of hydrogen-bond acceptors (Lipinski definition) is 3. The van der Waals surface area contributed by atoms with Crippen LogP contribution in [0.25, 0.3) is 0 Å². The number of hydrogen-bond donors (Lipinski definition) is 3. The van der Waals surface area contributed by atoms with Gasteiger partial charge >= 0.3 is 0 Å². The van der Waals surface area contributed by atoms with E-state index in [1.165, 1.54) is 24.3 Å². The lowest BCUT2D eigenvalue weighted by Crippen LogP contribution is -2.49. The Morgan fingerprint density at radius 1 is 1.18 bits per heavy atom.